The van der Waals surface area contributed by atoms with E-state index in [9.17, 15) is 53.1 Å². The summed E-state index contributed by atoms with van der Waals surface area (Å²) in [6, 6.07) is 0. The van der Waals surface area contributed by atoms with Crippen LogP contribution >= 0.6 is 36.1 Å². The van der Waals surface area contributed by atoms with E-state index in [1.165, 1.54) is 13.8 Å². The number of phosphoric acid groups is 3. The number of anilines is 1. The molecule has 1 saturated heterocycles. The van der Waals surface area contributed by atoms with E-state index in [4.69, 9.17) is 15.0 Å². The molecule has 0 spiro atoms. The summed E-state index contributed by atoms with van der Waals surface area (Å²) < 4.78 is 61.4. The van der Waals surface area contributed by atoms with Gasteiger partial charge in [0.15, 0.2) is 17.7 Å². The molecule has 280 valence electrons. The van der Waals surface area contributed by atoms with Crippen LogP contribution in [0.4, 0.5) is 5.82 Å². The van der Waals surface area contributed by atoms with Gasteiger partial charge >= 0.3 is 45.2 Å². The van der Waals surface area contributed by atoms with Gasteiger partial charge in [-0.2, -0.15) is 16.9 Å². The average Bonchev–Trinajstić information content (AvgIpc) is 3.54. The monoisotopic (exact) mass is 807 g/mol. The minimum Gasteiger partial charge on any atom is -0.756 e. The summed E-state index contributed by atoms with van der Waals surface area (Å²) in [4.78, 5) is 76.6. The average molecular weight is 808 g/mol. The number of imidazole rings is 1. The fourth-order valence-corrected chi connectivity index (χ4v) is 7.06. The number of hydrogen-bond acceptors (Lipinski definition) is 18. The third-order valence-electron chi connectivity index (χ3n) is 6.51. The quantitative estimate of drug-likeness (QED) is 0.0384. The first kappa shape index (κ1) is 46.9. The van der Waals surface area contributed by atoms with Crippen LogP contribution in [0.5, 0.6) is 0 Å². The van der Waals surface area contributed by atoms with Crippen molar-refractivity contribution in [1.82, 2.24) is 30.2 Å². The molecule has 1 aliphatic heterocycles. The van der Waals surface area contributed by atoms with Crippen molar-refractivity contribution in [3.63, 3.8) is 0 Å². The second-order valence-corrected chi connectivity index (χ2v) is 15.4. The number of nitrogens with zero attached hydrogens (tertiary/aromatic N) is 4. The first-order valence-corrected chi connectivity index (χ1v) is 18.8. The Hall–Kier alpha value is -1.15. The maximum Gasteiger partial charge on any atom is 1.00 e. The number of aliphatic hydroxyl groups excluding tert-OH is 2. The van der Waals surface area contributed by atoms with Crippen LogP contribution in [0, 0.1) is 5.41 Å². The number of nitrogens with two attached hydrogens (primary N) is 1. The molecule has 0 aromatic carbocycles. The van der Waals surface area contributed by atoms with Crippen molar-refractivity contribution < 1.29 is 111 Å². The van der Waals surface area contributed by atoms with Crippen molar-refractivity contribution >= 4 is 64.9 Å². The van der Waals surface area contributed by atoms with Gasteiger partial charge in [0.25, 0.3) is 7.82 Å². The molecule has 8 atom stereocenters. The second-order valence-electron chi connectivity index (χ2n) is 10.8. The Balaban J connectivity index is 0.00000625. The SMILES string of the molecule is CC(C)(COP(=O)(O)OP(=O)(O)OC[C@H]1O[C@@H](n2cnc3c(N)ncnc32)[C@H](O)[C@@H]1OP(=O)([O-])O)[C@@H](O)C(=O)NCCC(=O)NCCS.O.[Na+]. The third kappa shape index (κ3) is 13.4. The zero-order valence-corrected chi connectivity index (χ0v) is 32.2. The first-order valence-electron chi connectivity index (χ1n) is 13.6. The number of thiol groups is 1. The van der Waals surface area contributed by atoms with Gasteiger partial charge in [0.2, 0.25) is 11.8 Å². The number of carbonyl (C=O) groups is 2. The molecule has 29 heteroatoms. The van der Waals surface area contributed by atoms with Crippen LogP contribution in [0.1, 0.15) is 26.5 Å². The number of amides is 2. The summed E-state index contributed by atoms with van der Waals surface area (Å²) in [6.45, 7) is 0.673. The van der Waals surface area contributed by atoms with Crippen molar-refractivity contribution in [2.24, 2.45) is 5.41 Å². The third-order valence-corrected chi connectivity index (χ3v) is 9.82. The Bertz CT molecular complexity index is 1600. The number of nitrogens with one attached hydrogen (secondary N) is 2. The standard InChI is InChI=1S/C21H36N7O16P3S.Na.H2O/c1-21(2,16(31)19(32)24-4-3-12(29)23-5-6-48)8-41-47(38,39)44-46(36,37)40-7-11-15(43-45(33,34)35)14(30)20(42-11)28-10-27-13-17(22)25-9-26-18(13)28;;/h9-11,14-16,20,30-31,48H,3-8H2,1-2H3,(H,23,29)(H,24,32)(H,36,37)(H,38,39)(H2,22,25,26)(H2,33,34,35);;1H2/q;+1;/p-1/t11-,14-,15-,16+,20-;;/m1../s1. The van der Waals surface area contributed by atoms with Crippen LogP contribution in [-0.2, 0) is 45.9 Å². The minimum atomic E-state index is -5.56. The molecule has 1 aliphatic rings. The molecule has 2 aromatic rings. The van der Waals surface area contributed by atoms with Crippen LogP contribution in [0.15, 0.2) is 12.7 Å². The number of rotatable bonds is 18. The molecule has 3 rings (SSSR count). The zero-order valence-electron chi connectivity index (χ0n) is 26.7. The first-order chi connectivity index (χ1) is 22.2. The molecular formula is C21H37N7NaO17P3S. The molecule has 0 aliphatic carbocycles. The summed E-state index contributed by atoms with van der Waals surface area (Å²) >= 11 is 3.95. The van der Waals surface area contributed by atoms with Crippen molar-refractivity contribution in [1.29, 1.82) is 0 Å². The van der Waals surface area contributed by atoms with E-state index in [0.717, 1.165) is 17.2 Å². The molecule has 0 bridgehead atoms. The maximum atomic E-state index is 12.6. The predicted molar refractivity (Wildman–Crippen MR) is 165 cm³/mol. The molecule has 24 nitrogen and oxygen atoms in total. The Morgan fingerprint density at radius 2 is 1.78 bits per heavy atom. The minimum absolute atomic E-state index is 0. The largest absolute Gasteiger partial charge is 1.00 e. The van der Waals surface area contributed by atoms with E-state index < -0.39 is 78.6 Å². The molecule has 3 heterocycles. The van der Waals surface area contributed by atoms with Crippen LogP contribution < -0.4 is 50.8 Å². The molecule has 11 N–H and O–H groups in total. The van der Waals surface area contributed by atoms with Gasteiger partial charge in [0.1, 0.15) is 36.3 Å². The molecule has 0 radical (unpaired) electrons. The van der Waals surface area contributed by atoms with E-state index in [0.29, 0.717) is 12.3 Å². The van der Waals surface area contributed by atoms with Gasteiger partial charge in [-0.15, -0.1) is 0 Å². The van der Waals surface area contributed by atoms with Crippen molar-refractivity contribution in [2.45, 2.75) is 50.9 Å². The zero-order chi connectivity index (χ0) is 36.1. The summed E-state index contributed by atoms with van der Waals surface area (Å²) in [6.07, 6.45) is -6.94. The molecular weight excluding hydrogens is 770 g/mol. The fourth-order valence-electron chi connectivity index (χ4n) is 4.13. The van der Waals surface area contributed by atoms with Gasteiger partial charge in [-0.25, -0.2) is 24.1 Å². The number of fused-ring (bicyclic) bond motifs is 1. The fraction of sp³-hybridized carbons (Fsp3) is 0.667. The van der Waals surface area contributed by atoms with Gasteiger partial charge in [-0.1, -0.05) is 13.8 Å². The number of aromatic nitrogens is 4. The molecule has 0 saturated carbocycles. The normalized spacial score (nSPS) is 23.4. The Kier molecular flexibility index (Phi) is 18.1. The van der Waals surface area contributed by atoms with E-state index >= 15 is 0 Å². The number of hydrogen-bond donors (Lipinski definition) is 9. The van der Waals surface area contributed by atoms with E-state index in [1.54, 1.807) is 0 Å². The van der Waals surface area contributed by atoms with Crippen LogP contribution in [0.2, 0.25) is 0 Å². The second kappa shape index (κ2) is 19.3. The van der Waals surface area contributed by atoms with Crippen molar-refractivity contribution in [3.05, 3.63) is 12.7 Å². The van der Waals surface area contributed by atoms with Crippen molar-refractivity contribution in [3.8, 4) is 0 Å². The molecule has 1 fully saturated rings. The molecule has 50 heavy (non-hydrogen) atoms. The Morgan fingerprint density at radius 1 is 1.14 bits per heavy atom. The number of carbonyl (C=O) groups excluding carboxylic acids is 2. The topological polar surface area (TPSA) is 381 Å². The van der Waals surface area contributed by atoms with Gasteiger partial charge in [-0.3, -0.25) is 27.8 Å². The van der Waals surface area contributed by atoms with Crippen LogP contribution in [-0.4, -0.2) is 118 Å². The predicted octanol–water partition coefficient (Wildman–Crippen LogP) is -6.12. The Labute approximate surface area is 311 Å². The molecule has 2 amide bonds. The summed E-state index contributed by atoms with van der Waals surface area (Å²) in [7, 11) is -16.6. The van der Waals surface area contributed by atoms with Crippen molar-refractivity contribution in [2.75, 3.05) is 37.8 Å². The van der Waals surface area contributed by atoms with Gasteiger partial charge in [0.05, 0.1) is 19.5 Å². The van der Waals surface area contributed by atoms with Gasteiger partial charge in [0, 0.05) is 30.7 Å². The summed E-state index contributed by atoms with van der Waals surface area (Å²) in [5.41, 5.74) is 4.26. The summed E-state index contributed by atoms with van der Waals surface area (Å²) in [5, 5.41) is 26.0. The smallest absolute Gasteiger partial charge is 0.756 e. The van der Waals surface area contributed by atoms with Crippen LogP contribution in [0.3, 0.4) is 0 Å². The van der Waals surface area contributed by atoms with E-state index in [-0.39, 0.29) is 70.9 Å². The van der Waals surface area contributed by atoms with Gasteiger partial charge in [-0.05, 0) is 0 Å². The number of nitrogen functional groups attached to an aromatic ring is 1. The van der Waals surface area contributed by atoms with Gasteiger partial charge < -0.3 is 60.9 Å². The van der Waals surface area contributed by atoms with E-state index in [1.807, 2.05) is 0 Å². The van der Waals surface area contributed by atoms with Crippen LogP contribution in [0.25, 0.3) is 11.2 Å². The molecule has 2 aromatic heterocycles. The summed E-state index contributed by atoms with van der Waals surface area (Å²) in [5.74, 6) is -0.963. The van der Waals surface area contributed by atoms with E-state index in [2.05, 4.69) is 51.6 Å². The number of aliphatic hydroxyl groups is 2. The number of ether oxygens (including phenoxy) is 1. The maximum absolute atomic E-state index is 12.6. The Morgan fingerprint density at radius 3 is 2.40 bits per heavy atom. The number of phosphoric ester groups is 3. The molecule has 3 unspecified atom stereocenters.